The van der Waals surface area contributed by atoms with Crippen molar-refractivity contribution < 1.29 is 13.7 Å². The van der Waals surface area contributed by atoms with Gasteiger partial charge in [-0.05, 0) is 56.2 Å². The lowest BCUT2D eigenvalue weighted by Crippen LogP contribution is -2.38. The SMILES string of the molecule is Cc1cc(NC(=O)C2CCN(c3ccc(-c4ccc(F)cc4)nn3)CC2)on1. The molecule has 0 spiro atoms. The van der Waals surface area contributed by atoms with Gasteiger partial charge >= 0.3 is 0 Å². The van der Waals surface area contributed by atoms with E-state index in [0.29, 0.717) is 11.6 Å². The molecule has 3 aromatic rings. The molecule has 8 heteroatoms. The molecular formula is C20H20FN5O2. The fraction of sp³-hybridized carbons (Fsp3) is 0.300. The van der Waals surface area contributed by atoms with Gasteiger partial charge in [0, 0.05) is 30.6 Å². The summed E-state index contributed by atoms with van der Waals surface area (Å²) in [7, 11) is 0. The van der Waals surface area contributed by atoms with Gasteiger partial charge in [-0.25, -0.2) is 4.39 Å². The Morgan fingerprint density at radius 3 is 2.50 bits per heavy atom. The number of benzene rings is 1. The van der Waals surface area contributed by atoms with Gasteiger partial charge in [0.1, 0.15) is 5.82 Å². The summed E-state index contributed by atoms with van der Waals surface area (Å²) in [6, 6.07) is 11.6. The average molecular weight is 381 g/mol. The number of hydrogen-bond donors (Lipinski definition) is 1. The zero-order chi connectivity index (χ0) is 19.5. The van der Waals surface area contributed by atoms with Crippen molar-refractivity contribution in [2.24, 2.45) is 5.92 Å². The number of carbonyl (C=O) groups excluding carboxylic acids is 1. The topological polar surface area (TPSA) is 84.2 Å². The smallest absolute Gasteiger partial charge is 0.231 e. The lowest BCUT2D eigenvalue weighted by Gasteiger charge is -2.31. The number of piperidine rings is 1. The molecule has 1 N–H and O–H groups in total. The third-order valence-corrected chi connectivity index (χ3v) is 4.85. The van der Waals surface area contributed by atoms with Crippen molar-refractivity contribution in [2.75, 3.05) is 23.3 Å². The van der Waals surface area contributed by atoms with Gasteiger partial charge in [-0.3, -0.25) is 10.1 Å². The average Bonchev–Trinajstić information content (AvgIpc) is 3.13. The lowest BCUT2D eigenvalue weighted by molar-refractivity contribution is -0.120. The maximum Gasteiger partial charge on any atom is 0.231 e. The van der Waals surface area contributed by atoms with Gasteiger partial charge in [-0.1, -0.05) is 5.16 Å². The number of rotatable bonds is 4. The molecule has 1 aromatic carbocycles. The Balaban J connectivity index is 1.34. The summed E-state index contributed by atoms with van der Waals surface area (Å²) in [5.74, 6) is 0.753. The third-order valence-electron chi connectivity index (χ3n) is 4.85. The predicted molar refractivity (Wildman–Crippen MR) is 102 cm³/mol. The number of nitrogens with one attached hydrogen (secondary N) is 1. The number of aromatic nitrogens is 3. The minimum absolute atomic E-state index is 0.0476. The Hall–Kier alpha value is -3.29. The largest absolute Gasteiger partial charge is 0.355 e. The number of amides is 1. The van der Waals surface area contributed by atoms with Gasteiger partial charge in [0.15, 0.2) is 5.82 Å². The minimum atomic E-state index is -0.279. The van der Waals surface area contributed by atoms with E-state index in [1.165, 1.54) is 12.1 Å². The summed E-state index contributed by atoms with van der Waals surface area (Å²) in [6.45, 7) is 3.25. The third kappa shape index (κ3) is 4.00. The molecule has 1 saturated heterocycles. The molecule has 144 valence electrons. The maximum absolute atomic E-state index is 13.0. The molecule has 0 radical (unpaired) electrons. The normalized spacial score (nSPS) is 14.9. The highest BCUT2D eigenvalue weighted by Gasteiger charge is 2.26. The minimum Gasteiger partial charge on any atom is -0.355 e. The van der Waals surface area contributed by atoms with Gasteiger partial charge < -0.3 is 9.42 Å². The second-order valence-corrected chi connectivity index (χ2v) is 6.87. The molecular weight excluding hydrogens is 361 g/mol. The Labute approximate surface area is 161 Å². The summed E-state index contributed by atoms with van der Waals surface area (Å²) in [6.07, 6.45) is 1.45. The van der Waals surface area contributed by atoms with E-state index in [1.54, 1.807) is 25.1 Å². The van der Waals surface area contributed by atoms with Crippen molar-refractivity contribution in [3.63, 3.8) is 0 Å². The molecule has 0 unspecified atom stereocenters. The van der Waals surface area contributed by atoms with E-state index >= 15 is 0 Å². The Kier molecular flexibility index (Phi) is 5.01. The van der Waals surface area contributed by atoms with Gasteiger partial charge in [-0.15, -0.1) is 10.2 Å². The highest BCUT2D eigenvalue weighted by Crippen LogP contribution is 2.24. The van der Waals surface area contributed by atoms with Crippen LogP contribution in [0.15, 0.2) is 47.0 Å². The number of hydrogen-bond acceptors (Lipinski definition) is 6. The Morgan fingerprint density at radius 2 is 1.89 bits per heavy atom. The standard InChI is InChI=1S/C20H20FN5O2/c1-13-12-19(28-25-13)22-20(27)15-8-10-26(11-9-15)18-7-6-17(23-24-18)14-2-4-16(21)5-3-14/h2-7,12,15H,8-11H2,1H3,(H,22,27). The van der Waals surface area contributed by atoms with Crippen LogP contribution in [-0.4, -0.2) is 34.4 Å². The van der Waals surface area contributed by atoms with Crippen LogP contribution in [-0.2, 0) is 4.79 Å². The Morgan fingerprint density at radius 1 is 1.14 bits per heavy atom. The van der Waals surface area contributed by atoms with Gasteiger partial charge in [0.25, 0.3) is 0 Å². The van der Waals surface area contributed by atoms with Crippen molar-refractivity contribution in [1.29, 1.82) is 0 Å². The Bertz CT molecular complexity index is 947. The summed E-state index contributed by atoms with van der Waals surface area (Å²) in [5, 5.41) is 15.1. The molecule has 3 heterocycles. The first-order valence-corrected chi connectivity index (χ1v) is 9.17. The number of anilines is 2. The first-order valence-electron chi connectivity index (χ1n) is 9.17. The molecule has 7 nitrogen and oxygen atoms in total. The van der Waals surface area contributed by atoms with Crippen LogP contribution in [0.5, 0.6) is 0 Å². The molecule has 0 bridgehead atoms. The van der Waals surface area contributed by atoms with Crippen LogP contribution in [0.25, 0.3) is 11.3 Å². The van der Waals surface area contributed by atoms with E-state index in [2.05, 4.69) is 25.6 Å². The monoisotopic (exact) mass is 381 g/mol. The molecule has 0 aliphatic carbocycles. The number of carbonyl (C=O) groups is 1. The summed E-state index contributed by atoms with van der Waals surface area (Å²) >= 11 is 0. The lowest BCUT2D eigenvalue weighted by atomic mass is 9.96. The van der Waals surface area contributed by atoms with Crippen molar-refractivity contribution in [1.82, 2.24) is 15.4 Å². The van der Waals surface area contributed by atoms with Crippen LogP contribution >= 0.6 is 0 Å². The van der Waals surface area contributed by atoms with Crippen LogP contribution < -0.4 is 10.2 Å². The second kappa shape index (κ2) is 7.75. The number of nitrogens with zero attached hydrogens (tertiary/aromatic N) is 4. The maximum atomic E-state index is 13.0. The van der Waals surface area contributed by atoms with E-state index < -0.39 is 0 Å². The van der Waals surface area contributed by atoms with Crippen molar-refractivity contribution >= 4 is 17.6 Å². The molecule has 1 aliphatic rings. The van der Waals surface area contributed by atoms with Gasteiger partial charge in [0.05, 0.1) is 11.4 Å². The quantitative estimate of drug-likeness (QED) is 0.745. The van der Waals surface area contributed by atoms with Gasteiger partial charge in [-0.2, -0.15) is 0 Å². The van der Waals surface area contributed by atoms with E-state index in [1.807, 2.05) is 12.1 Å². The molecule has 1 amide bonds. The molecule has 2 aromatic heterocycles. The van der Waals surface area contributed by atoms with Crippen molar-refractivity contribution in [3.05, 3.63) is 54.0 Å². The molecule has 4 rings (SSSR count). The fourth-order valence-corrected chi connectivity index (χ4v) is 3.29. The van der Waals surface area contributed by atoms with Crippen molar-refractivity contribution in [3.8, 4) is 11.3 Å². The van der Waals surface area contributed by atoms with Crippen LogP contribution in [0.1, 0.15) is 18.5 Å². The molecule has 1 aliphatic heterocycles. The van der Waals surface area contributed by atoms with Crippen LogP contribution in [0.3, 0.4) is 0 Å². The van der Waals surface area contributed by atoms with Gasteiger partial charge in [0.2, 0.25) is 11.8 Å². The summed E-state index contributed by atoms with van der Waals surface area (Å²) in [5.41, 5.74) is 2.24. The molecule has 0 saturated carbocycles. The fourth-order valence-electron chi connectivity index (χ4n) is 3.29. The zero-order valence-electron chi connectivity index (χ0n) is 15.4. The summed E-state index contributed by atoms with van der Waals surface area (Å²) in [4.78, 5) is 14.5. The second-order valence-electron chi connectivity index (χ2n) is 6.87. The first-order chi connectivity index (χ1) is 13.6. The number of aryl methyl sites for hydroxylation is 1. The van der Waals surface area contributed by atoms with E-state index in [-0.39, 0.29) is 17.6 Å². The van der Waals surface area contributed by atoms with Crippen LogP contribution in [0.2, 0.25) is 0 Å². The van der Waals surface area contributed by atoms with E-state index in [4.69, 9.17) is 4.52 Å². The molecule has 28 heavy (non-hydrogen) atoms. The first kappa shape index (κ1) is 18.1. The van der Waals surface area contributed by atoms with E-state index in [9.17, 15) is 9.18 Å². The molecule has 1 fully saturated rings. The van der Waals surface area contributed by atoms with E-state index in [0.717, 1.165) is 43.0 Å². The van der Waals surface area contributed by atoms with Crippen LogP contribution in [0, 0.1) is 18.7 Å². The van der Waals surface area contributed by atoms with Crippen LogP contribution in [0.4, 0.5) is 16.1 Å². The summed E-state index contributed by atoms with van der Waals surface area (Å²) < 4.78 is 18.1. The van der Waals surface area contributed by atoms with Crippen molar-refractivity contribution in [2.45, 2.75) is 19.8 Å². The molecule has 0 atom stereocenters. The number of halogens is 1. The highest BCUT2D eigenvalue weighted by molar-refractivity contribution is 5.91. The zero-order valence-corrected chi connectivity index (χ0v) is 15.4. The highest BCUT2D eigenvalue weighted by atomic mass is 19.1. The predicted octanol–water partition coefficient (Wildman–Crippen LogP) is 3.43.